The van der Waals surface area contributed by atoms with Crippen LogP contribution in [0, 0.1) is 0 Å². The van der Waals surface area contributed by atoms with Crippen molar-refractivity contribution in [2.45, 2.75) is 39.8 Å². The molecule has 3 nitrogen and oxygen atoms in total. The number of aromatic nitrogens is 1. The number of nitrogens with one attached hydrogen (secondary N) is 1. The molecule has 1 atom stereocenters. The van der Waals surface area contributed by atoms with Gasteiger partial charge < -0.3 is 5.32 Å². The average Bonchev–Trinajstić information content (AvgIpc) is 2.37. The second kappa shape index (κ2) is 8.20. The Kier molecular flexibility index (Phi) is 6.82. The van der Waals surface area contributed by atoms with E-state index in [2.05, 4.69) is 48.1 Å². The summed E-state index contributed by atoms with van der Waals surface area (Å²) in [5.74, 6) is 0. The lowest BCUT2D eigenvalue weighted by Gasteiger charge is -2.28. The van der Waals surface area contributed by atoms with Crippen LogP contribution >= 0.6 is 0 Å². The molecule has 0 aromatic carbocycles. The molecular weight excluding hydrogens is 210 g/mol. The zero-order valence-corrected chi connectivity index (χ0v) is 11.3. The first kappa shape index (κ1) is 14.1. The van der Waals surface area contributed by atoms with Gasteiger partial charge in [0, 0.05) is 31.5 Å². The number of hydrogen-bond donors (Lipinski definition) is 1. The SMILES string of the molecule is CCCNCC(C)N(CC)Cc1ccncc1. The van der Waals surface area contributed by atoms with Crippen molar-refractivity contribution in [3.63, 3.8) is 0 Å². The predicted molar refractivity (Wildman–Crippen MR) is 72.9 cm³/mol. The molecule has 0 aliphatic rings. The van der Waals surface area contributed by atoms with Gasteiger partial charge in [-0.3, -0.25) is 9.88 Å². The predicted octanol–water partition coefficient (Wildman–Crippen LogP) is 2.29. The maximum absolute atomic E-state index is 4.05. The van der Waals surface area contributed by atoms with E-state index in [1.165, 1.54) is 12.0 Å². The Morgan fingerprint density at radius 1 is 1.29 bits per heavy atom. The van der Waals surface area contributed by atoms with Crippen molar-refractivity contribution in [2.75, 3.05) is 19.6 Å². The van der Waals surface area contributed by atoms with Gasteiger partial charge in [-0.2, -0.15) is 0 Å². The van der Waals surface area contributed by atoms with Gasteiger partial charge >= 0.3 is 0 Å². The molecule has 1 aromatic rings. The smallest absolute Gasteiger partial charge is 0.0271 e. The Bertz CT molecular complexity index is 287. The fraction of sp³-hybridized carbons (Fsp3) is 0.643. The third kappa shape index (κ3) is 5.29. The number of hydrogen-bond acceptors (Lipinski definition) is 3. The molecule has 0 bridgehead atoms. The van der Waals surface area contributed by atoms with Crippen LogP contribution in [-0.2, 0) is 6.54 Å². The molecule has 0 aliphatic heterocycles. The van der Waals surface area contributed by atoms with Crippen molar-refractivity contribution < 1.29 is 0 Å². The van der Waals surface area contributed by atoms with Gasteiger partial charge in [-0.15, -0.1) is 0 Å². The summed E-state index contributed by atoms with van der Waals surface area (Å²) < 4.78 is 0. The largest absolute Gasteiger partial charge is 0.315 e. The molecule has 1 aromatic heterocycles. The van der Waals surface area contributed by atoms with Crippen LogP contribution in [-0.4, -0.2) is 35.6 Å². The lowest BCUT2D eigenvalue weighted by Crippen LogP contribution is -2.40. The Balaban J connectivity index is 2.42. The highest BCUT2D eigenvalue weighted by Crippen LogP contribution is 2.06. The van der Waals surface area contributed by atoms with Crippen LogP contribution in [0.4, 0.5) is 0 Å². The third-order valence-corrected chi connectivity index (χ3v) is 3.03. The maximum Gasteiger partial charge on any atom is 0.0271 e. The molecule has 17 heavy (non-hydrogen) atoms. The van der Waals surface area contributed by atoms with E-state index in [-0.39, 0.29) is 0 Å². The molecule has 0 fully saturated rings. The molecule has 0 amide bonds. The van der Waals surface area contributed by atoms with E-state index in [0.29, 0.717) is 6.04 Å². The van der Waals surface area contributed by atoms with E-state index >= 15 is 0 Å². The Morgan fingerprint density at radius 3 is 2.59 bits per heavy atom. The Hall–Kier alpha value is -0.930. The molecule has 96 valence electrons. The molecule has 0 spiro atoms. The molecule has 1 unspecified atom stereocenters. The van der Waals surface area contributed by atoms with Crippen LogP contribution in [0.25, 0.3) is 0 Å². The summed E-state index contributed by atoms with van der Waals surface area (Å²) in [6, 6.07) is 4.75. The first-order valence-corrected chi connectivity index (χ1v) is 6.61. The van der Waals surface area contributed by atoms with Crippen LogP contribution in [0.2, 0.25) is 0 Å². The highest BCUT2D eigenvalue weighted by atomic mass is 15.2. The minimum absolute atomic E-state index is 0.569. The fourth-order valence-electron chi connectivity index (χ4n) is 1.92. The molecule has 0 saturated carbocycles. The number of pyridine rings is 1. The van der Waals surface area contributed by atoms with Crippen molar-refractivity contribution in [1.82, 2.24) is 15.2 Å². The van der Waals surface area contributed by atoms with Gasteiger partial charge in [0.25, 0.3) is 0 Å². The van der Waals surface area contributed by atoms with Gasteiger partial charge in [0.15, 0.2) is 0 Å². The van der Waals surface area contributed by atoms with Crippen LogP contribution < -0.4 is 5.32 Å². The zero-order chi connectivity index (χ0) is 12.5. The van der Waals surface area contributed by atoms with E-state index in [9.17, 15) is 0 Å². The van der Waals surface area contributed by atoms with Gasteiger partial charge in [0.05, 0.1) is 0 Å². The van der Waals surface area contributed by atoms with Gasteiger partial charge in [-0.05, 0) is 44.1 Å². The zero-order valence-electron chi connectivity index (χ0n) is 11.3. The summed E-state index contributed by atoms with van der Waals surface area (Å²) in [5, 5.41) is 3.48. The first-order chi connectivity index (χ1) is 8.27. The van der Waals surface area contributed by atoms with E-state index in [1.54, 1.807) is 0 Å². The summed E-state index contributed by atoms with van der Waals surface area (Å²) in [6.07, 6.45) is 4.93. The van der Waals surface area contributed by atoms with Crippen LogP contribution in [0.15, 0.2) is 24.5 Å². The van der Waals surface area contributed by atoms with E-state index in [1.807, 2.05) is 12.4 Å². The molecule has 0 saturated heterocycles. The van der Waals surface area contributed by atoms with E-state index in [4.69, 9.17) is 0 Å². The standard InChI is InChI=1S/C14H25N3/c1-4-8-16-11-13(3)17(5-2)12-14-6-9-15-10-7-14/h6-7,9-10,13,16H,4-5,8,11-12H2,1-3H3. The fourth-order valence-corrected chi connectivity index (χ4v) is 1.92. The summed E-state index contributed by atoms with van der Waals surface area (Å²) >= 11 is 0. The molecule has 1 rings (SSSR count). The highest BCUT2D eigenvalue weighted by Gasteiger charge is 2.11. The minimum Gasteiger partial charge on any atom is -0.315 e. The second-order valence-corrected chi connectivity index (χ2v) is 4.47. The third-order valence-electron chi connectivity index (χ3n) is 3.03. The first-order valence-electron chi connectivity index (χ1n) is 6.61. The molecular formula is C14H25N3. The molecule has 3 heteroatoms. The topological polar surface area (TPSA) is 28.2 Å². The summed E-state index contributed by atoms with van der Waals surface area (Å²) in [4.78, 5) is 6.54. The van der Waals surface area contributed by atoms with Crippen molar-refractivity contribution in [3.8, 4) is 0 Å². The molecule has 0 radical (unpaired) electrons. The van der Waals surface area contributed by atoms with Gasteiger partial charge in [0.1, 0.15) is 0 Å². The monoisotopic (exact) mass is 235 g/mol. The summed E-state index contributed by atoms with van der Waals surface area (Å²) in [7, 11) is 0. The van der Waals surface area contributed by atoms with Crippen molar-refractivity contribution in [3.05, 3.63) is 30.1 Å². The normalized spacial score (nSPS) is 12.9. The van der Waals surface area contributed by atoms with Crippen molar-refractivity contribution >= 4 is 0 Å². The summed E-state index contributed by atoms with van der Waals surface area (Å²) in [6.45, 7) is 11.0. The quantitative estimate of drug-likeness (QED) is 0.701. The molecule has 1 heterocycles. The van der Waals surface area contributed by atoms with Crippen molar-refractivity contribution in [2.24, 2.45) is 0 Å². The van der Waals surface area contributed by atoms with Crippen LogP contribution in [0.3, 0.4) is 0 Å². The lowest BCUT2D eigenvalue weighted by molar-refractivity contribution is 0.206. The van der Waals surface area contributed by atoms with Crippen LogP contribution in [0.5, 0.6) is 0 Å². The molecule has 0 aliphatic carbocycles. The Morgan fingerprint density at radius 2 is 2.00 bits per heavy atom. The lowest BCUT2D eigenvalue weighted by atomic mass is 10.2. The van der Waals surface area contributed by atoms with Crippen LogP contribution in [0.1, 0.15) is 32.8 Å². The van der Waals surface area contributed by atoms with E-state index in [0.717, 1.165) is 26.2 Å². The van der Waals surface area contributed by atoms with Gasteiger partial charge in [-0.1, -0.05) is 13.8 Å². The Labute approximate surface area is 105 Å². The van der Waals surface area contributed by atoms with E-state index < -0.39 is 0 Å². The van der Waals surface area contributed by atoms with Gasteiger partial charge in [0.2, 0.25) is 0 Å². The highest BCUT2D eigenvalue weighted by molar-refractivity contribution is 5.09. The minimum atomic E-state index is 0.569. The number of likely N-dealkylation sites (N-methyl/N-ethyl adjacent to an activating group) is 1. The maximum atomic E-state index is 4.05. The number of rotatable bonds is 8. The van der Waals surface area contributed by atoms with Crippen molar-refractivity contribution in [1.29, 1.82) is 0 Å². The average molecular weight is 235 g/mol. The van der Waals surface area contributed by atoms with Gasteiger partial charge in [-0.25, -0.2) is 0 Å². The second-order valence-electron chi connectivity index (χ2n) is 4.47. The number of nitrogens with zero attached hydrogens (tertiary/aromatic N) is 2. The molecule has 1 N–H and O–H groups in total. The summed E-state index contributed by atoms with van der Waals surface area (Å²) in [5.41, 5.74) is 1.34.